The van der Waals surface area contributed by atoms with E-state index in [1.54, 1.807) is 0 Å². The number of hydrogen-bond acceptors (Lipinski definition) is 3. The number of carbonyl (C=O) groups is 2. The average molecular weight is 437 g/mol. The molecule has 0 spiro atoms. The molecule has 5 nitrogen and oxygen atoms in total. The topological polar surface area (TPSA) is 67.4 Å². The van der Waals surface area contributed by atoms with Crippen LogP contribution >= 0.6 is 0 Å². The maximum Gasteiger partial charge on any atom is 0.251 e. The zero-order valence-corrected chi connectivity index (χ0v) is 18.9. The van der Waals surface area contributed by atoms with Crippen LogP contribution in [0.25, 0.3) is 0 Å². The van der Waals surface area contributed by atoms with E-state index >= 15 is 0 Å². The summed E-state index contributed by atoms with van der Waals surface area (Å²) in [5.41, 5.74) is 0.734. The van der Waals surface area contributed by atoms with Gasteiger partial charge in [0.2, 0.25) is 5.91 Å². The Morgan fingerprint density at radius 2 is 1.38 bits per heavy atom. The third-order valence-electron chi connectivity index (χ3n) is 8.91. The molecule has 6 aliphatic rings. The number of nitrogens with one attached hydrogen (secondary N) is 2. The molecule has 2 N–H and O–H groups in total. The Morgan fingerprint density at radius 1 is 0.750 bits per heavy atom. The van der Waals surface area contributed by atoms with Gasteiger partial charge >= 0.3 is 0 Å². The van der Waals surface area contributed by atoms with E-state index < -0.39 is 0 Å². The summed E-state index contributed by atoms with van der Waals surface area (Å²) < 4.78 is 6.19. The Labute approximate surface area is 191 Å². The SMILES string of the molecule is O=C(NC1C2CC3CC(C2)CC1C3)c1ccc(OC2CCC(NC(=O)C3CC3)CC2)cc1. The molecule has 0 atom stereocenters. The molecule has 7 rings (SSSR count). The van der Waals surface area contributed by atoms with Gasteiger partial charge in [0, 0.05) is 23.6 Å². The summed E-state index contributed by atoms with van der Waals surface area (Å²) in [4.78, 5) is 24.9. The van der Waals surface area contributed by atoms with Gasteiger partial charge in [-0.15, -0.1) is 0 Å². The molecular formula is C27H36N2O3. The van der Waals surface area contributed by atoms with Gasteiger partial charge < -0.3 is 15.4 Å². The lowest BCUT2D eigenvalue weighted by Crippen LogP contribution is -2.55. The molecule has 32 heavy (non-hydrogen) atoms. The summed E-state index contributed by atoms with van der Waals surface area (Å²) >= 11 is 0. The predicted octanol–water partition coefficient (Wildman–Crippen LogP) is 4.46. The van der Waals surface area contributed by atoms with E-state index in [0.29, 0.717) is 23.9 Å². The highest BCUT2D eigenvalue weighted by molar-refractivity contribution is 5.94. The summed E-state index contributed by atoms with van der Waals surface area (Å²) in [5.74, 6) is 4.67. The zero-order chi connectivity index (χ0) is 21.7. The number of benzene rings is 1. The summed E-state index contributed by atoms with van der Waals surface area (Å²) in [5, 5.41) is 6.60. The fourth-order valence-electron chi connectivity index (χ4n) is 7.26. The number of carbonyl (C=O) groups excluding carboxylic acids is 2. The maximum atomic E-state index is 12.9. The van der Waals surface area contributed by atoms with Crippen molar-refractivity contribution in [3.63, 3.8) is 0 Å². The minimum absolute atomic E-state index is 0.0703. The van der Waals surface area contributed by atoms with Gasteiger partial charge in [0.15, 0.2) is 0 Å². The lowest BCUT2D eigenvalue weighted by Gasteiger charge is -2.54. The first kappa shape index (κ1) is 20.6. The van der Waals surface area contributed by atoms with Crippen LogP contribution in [0.5, 0.6) is 5.75 Å². The largest absolute Gasteiger partial charge is 0.490 e. The van der Waals surface area contributed by atoms with Crippen LogP contribution in [0.4, 0.5) is 0 Å². The van der Waals surface area contributed by atoms with Gasteiger partial charge in [-0.05, 0) is 119 Å². The lowest BCUT2D eigenvalue weighted by molar-refractivity contribution is -0.123. The van der Waals surface area contributed by atoms with Crippen LogP contribution in [0.15, 0.2) is 24.3 Å². The second-order valence-corrected chi connectivity index (χ2v) is 11.3. The first-order valence-corrected chi connectivity index (χ1v) is 13.0. The summed E-state index contributed by atoms with van der Waals surface area (Å²) in [6, 6.07) is 8.37. The molecule has 172 valence electrons. The van der Waals surface area contributed by atoms with E-state index in [-0.39, 0.29) is 23.8 Å². The Hall–Kier alpha value is -2.04. The standard InChI is InChI=1S/C27H36N2O3/c30-26(18-1-2-18)28-22-5-9-24(10-6-22)32-23-7-3-19(4-8-23)27(31)29-25-20-12-16-11-17(14-20)15-21(25)13-16/h3-4,7-8,16-18,20-22,24-25H,1-2,5-6,9-15H2,(H,28,30)(H,29,31). The molecule has 2 amide bonds. The lowest BCUT2D eigenvalue weighted by atomic mass is 9.54. The zero-order valence-electron chi connectivity index (χ0n) is 18.9. The fourth-order valence-corrected chi connectivity index (χ4v) is 7.26. The molecule has 5 heteroatoms. The minimum Gasteiger partial charge on any atom is -0.490 e. The van der Waals surface area contributed by atoms with E-state index in [1.807, 2.05) is 24.3 Å². The molecule has 0 aliphatic heterocycles. The first-order valence-electron chi connectivity index (χ1n) is 13.0. The fraction of sp³-hybridized carbons (Fsp3) is 0.704. The van der Waals surface area contributed by atoms with Crippen molar-refractivity contribution < 1.29 is 14.3 Å². The quantitative estimate of drug-likeness (QED) is 0.692. The maximum absolute atomic E-state index is 12.9. The van der Waals surface area contributed by atoms with Crippen molar-refractivity contribution in [1.29, 1.82) is 0 Å². The molecule has 1 aromatic rings. The van der Waals surface area contributed by atoms with E-state index in [4.69, 9.17) is 4.74 Å². The third-order valence-corrected chi connectivity index (χ3v) is 8.91. The van der Waals surface area contributed by atoms with Gasteiger partial charge in [-0.25, -0.2) is 0 Å². The summed E-state index contributed by atoms with van der Waals surface area (Å²) in [6.07, 6.45) is 12.9. The van der Waals surface area contributed by atoms with Crippen LogP contribution < -0.4 is 15.4 Å². The molecule has 1 aromatic carbocycles. The van der Waals surface area contributed by atoms with Crippen LogP contribution in [-0.4, -0.2) is 30.0 Å². The molecule has 4 bridgehead atoms. The molecule has 6 aliphatic carbocycles. The van der Waals surface area contributed by atoms with Crippen molar-refractivity contribution in [3.8, 4) is 5.75 Å². The van der Waals surface area contributed by atoms with Crippen LogP contribution in [0.1, 0.15) is 81.0 Å². The Bertz CT molecular complexity index is 826. The van der Waals surface area contributed by atoms with Crippen molar-refractivity contribution in [2.45, 2.75) is 88.8 Å². The highest BCUT2D eigenvalue weighted by Crippen LogP contribution is 2.53. The van der Waals surface area contributed by atoms with Crippen molar-refractivity contribution >= 4 is 11.8 Å². The molecule has 0 radical (unpaired) electrons. The molecule has 6 saturated carbocycles. The second kappa shape index (κ2) is 8.39. The number of amides is 2. The monoisotopic (exact) mass is 436 g/mol. The summed E-state index contributed by atoms with van der Waals surface area (Å²) in [6.45, 7) is 0. The smallest absolute Gasteiger partial charge is 0.251 e. The van der Waals surface area contributed by atoms with Crippen LogP contribution in [0.2, 0.25) is 0 Å². The van der Waals surface area contributed by atoms with Gasteiger partial charge in [0.05, 0.1) is 6.10 Å². The number of ether oxygens (including phenoxy) is 1. The Balaban J connectivity index is 0.987. The van der Waals surface area contributed by atoms with Crippen molar-refractivity contribution in [1.82, 2.24) is 10.6 Å². The first-order chi connectivity index (χ1) is 15.6. The van der Waals surface area contributed by atoms with Crippen LogP contribution in [0, 0.1) is 29.6 Å². The second-order valence-electron chi connectivity index (χ2n) is 11.3. The third kappa shape index (κ3) is 4.27. The molecule has 0 unspecified atom stereocenters. The molecule has 0 saturated heterocycles. The van der Waals surface area contributed by atoms with E-state index in [2.05, 4.69) is 10.6 Å². The van der Waals surface area contributed by atoms with Crippen LogP contribution in [0.3, 0.4) is 0 Å². The normalized spacial score (nSPS) is 37.7. The predicted molar refractivity (Wildman–Crippen MR) is 122 cm³/mol. The van der Waals surface area contributed by atoms with Gasteiger partial charge in [-0.2, -0.15) is 0 Å². The highest BCUT2D eigenvalue weighted by Gasteiger charge is 2.48. The molecular weight excluding hydrogens is 400 g/mol. The van der Waals surface area contributed by atoms with Crippen LogP contribution in [-0.2, 0) is 4.79 Å². The van der Waals surface area contributed by atoms with Gasteiger partial charge in [-0.3, -0.25) is 9.59 Å². The Morgan fingerprint density at radius 3 is 1.97 bits per heavy atom. The van der Waals surface area contributed by atoms with E-state index in [9.17, 15) is 9.59 Å². The average Bonchev–Trinajstić information content (AvgIpc) is 3.63. The van der Waals surface area contributed by atoms with Crippen molar-refractivity contribution in [3.05, 3.63) is 29.8 Å². The summed E-state index contributed by atoms with van der Waals surface area (Å²) in [7, 11) is 0. The van der Waals surface area contributed by atoms with Crippen molar-refractivity contribution in [2.24, 2.45) is 29.6 Å². The number of hydrogen-bond donors (Lipinski definition) is 2. The van der Waals surface area contributed by atoms with E-state index in [0.717, 1.165) is 61.7 Å². The molecule has 0 heterocycles. The minimum atomic E-state index is 0.0703. The van der Waals surface area contributed by atoms with Crippen molar-refractivity contribution in [2.75, 3.05) is 0 Å². The van der Waals surface area contributed by atoms with Gasteiger partial charge in [-0.1, -0.05) is 0 Å². The van der Waals surface area contributed by atoms with Gasteiger partial charge in [0.1, 0.15) is 5.75 Å². The molecule has 0 aromatic heterocycles. The molecule has 6 fully saturated rings. The Kier molecular flexibility index (Phi) is 5.39. The number of rotatable bonds is 6. The van der Waals surface area contributed by atoms with E-state index in [1.165, 1.54) is 32.1 Å². The van der Waals surface area contributed by atoms with Gasteiger partial charge in [0.25, 0.3) is 5.91 Å². The highest BCUT2D eigenvalue weighted by atomic mass is 16.5.